The Labute approximate surface area is 117 Å². The fourth-order valence-electron chi connectivity index (χ4n) is 1.70. The summed E-state index contributed by atoms with van der Waals surface area (Å²) in [4.78, 5) is 0. The van der Waals surface area contributed by atoms with E-state index in [-0.39, 0.29) is 5.75 Å². The van der Waals surface area contributed by atoms with Crippen molar-refractivity contribution in [2.45, 2.75) is 19.2 Å². The van der Waals surface area contributed by atoms with Crippen LogP contribution in [0.1, 0.15) is 18.1 Å². The highest BCUT2D eigenvalue weighted by Gasteiger charge is 2.12. The molecule has 1 aromatic carbocycles. The van der Waals surface area contributed by atoms with Crippen LogP contribution >= 0.6 is 0 Å². The number of anilines is 1. The Morgan fingerprint density at radius 3 is 2.60 bits per heavy atom. The van der Waals surface area contributed by atoms with Gasteiger partial charge in [0, 0.05) is 12.7 Å². The van der Waals surface area contributed by atoms with Gasteiger partial charge in [0.25, 0.3) is 0 Å². The Morgan fingerprint density at radius 2 is 2.05 bits per heavy atom. The predicted molar refractivity (Wildman–Crippen MR) is 75.3 cm³/mol. The van der Waals surface area contributed by atoms with Crippen molar-refractivity contribution in [2.24, 2.45) is 0 Å². The van der Waals surface area contributed by atoms with Gasteiger partial charge in [-0.25, -0.2) is 8.42 Å². The second-order valence-corrected chi connectivity index (χ2v) is 5.98. The number of nitrogens with zero attached hydrogens (tertiary/aromatic N) is 3. The number of rotatable bonds is 5. The van der Waals surface area contributed by atoms with Crippen LogP contribution in [-0.4, -0.2) is 18.2 Å². The Bertz CT molecular complexity index is 726. The van der Waals surface area contributed by atoms with Crippen LogP contribution in [0.3, 0.4) is 0 Å². The number of hydrogen-bond donors (Lipinski definition) is 1. The molecule has 0 saturated heterocycles. The van der Waals surface area contributed by atoms with Gasteiger partial charge < -0.3 is 0 Å². The molecule has 1 aromatic heterocycles. The summed E-state index contributed by atoms with van der Waals surface area (Å²) in [6.45, 7) is 2.60. The van der Waals surface area contributed by atoms with E-state index in [0.29, 0.717) is 23.4 Å². The van der Waals surface area contributed by atoms with Gasteiger partial charge in [-0.1, -0.05) is 12.1 Å². The normalized spacial score (nSPS) is 11.0. The van der Waals surface area contributed by atoms with E-state index in [9.17, 15) is 8.42 Å². The maximum atomic E-state index is 12.0. The summed E-state index contributed by atoms with van der Waals surface area (Å²) in [7, 11) is -3.49. The van der Waals surface area contributed by atoms with E-state index < -0.39 is 10.0 Å². The van der Waals surface area contributed by atoms with Crippen molar-refractivity contribution in [3.8, 4) is 6.07 Å². The molecule has 1 heterocycles. The quantitative estimate of drug-likeness (QED) is 0.908. The van der Waals surface area contributed by atoms with Gasteiger partial charge in [-0.3, -0.25) is 9.40 Å². The molecule has 0 amide bonds. The summed E-state index contributed by atoms with van der Waals surface area (Å²) in [5, 5.41) is 12.7. The Morgan fingerprint density at radius 1 is 1.35 bits per heavy atom. The summed E-state index contributed by atoms with van der Waals surface area (Å²) in [6.07, 6.45) is 3.11. The molecule has 20 heavy (non-hydrogen) atoms. The van der Waals surface area contributed by atoms with Gasteiger partial charge in [-0.15, -0.1) is 0 Å². The monoisotopic (exact) mass is 290 g/mol. The van der Waals surface area contributed by atoms with Crippen LogP contribution < -0.4 is 4.72 Å². The van der Waals surface area contributed by atoms with E-state index >= 15 is 0 Å². The third-order valence-corrected chi connectivity index (χ3v) is 3.93. The van der Waals surface area contributed by atoms with Gasteiger partial charge in [-0.05, 0) is 24.6 Å². The number of nitrogens with one attached hydrogen (secondary N) is 1. The number of sulfonamides is 1. The third-order valence-electron chi connectivity index (χ3n) is 2.67. The summed E-state index contributed by atoms with van der Waals surface area (Å²) >= 11 is 0. The smallest absolute Gasteiger partial charge is 0.237 e. The lowest BCUT2D eigenvalue weighted by Gasteiger charge is -2.05. The van der Waals surface area contributed by atoms with Crippen LogP contribution in [0, 0.1) is 11.3 Å². The number of hydrogen-bond acceptors (Lipinski definition) is 4. The van der Waals surface area contributed by atoms with Crippen molar-refractivity contribution >= 4 is 15.7 Å². The topological polar surface area (TPSA) is 87.8 Å². The lowest BCUT2D eigenvalue weighted by atomic mass is 10.2. The second kappa shape index (κ2) is 5.75. The molecular weight excluding hydrogens is 276 g/mol. The van der Waals surface area contributed by atoms with Crippen LogP contribution in [0.2, 0.25) is 0 Å². The summed E-state index contributed by atoms with van der Waals surface area (Å²) in [5.41, 5.74) is 1.57. The minimum Gasteiger partial charge on any atom is -0.280 e. The molecule has 0 bridgehead atoms. The van der Waals surface area contributed by atoms with Crippen molar-refractivity contribution in [3.05, 3.63) is 47.8 Å². The van der Waals surface area contributed by atoms with E-state index in [1.54, 1.807) is 35.1 Å². The largest absolute Gasteiger partial charge is 0.280 e. The minimum atomic E-state index is -3.49. The fourth-order valence-corrected chi connectivity index (χ4v) is 2.87. The first-order valence-electron chi connectivity index (χ1n) is 6.04. The van der Waals surface area contributed by atoms with Crippen molar-refractivity contribution in [1.29, 1.82) is 5.26 Å². The highest BCUT2D eigenvalue weighted by atomic mass is 32.2. The molecule has 0 radical (unpaired) electrons. The van der Waals surface area contributed by atoms with Crippen LogP contribution in [0.5, 0.6) is 0 Å². The molecule has 0 unspecified atom stereocenters. The van der Waals surface area contributed by atoms with Gasteiger partial charge in [0.05, 0.1) is 29.3 Å². The third kappa shape index (κ3) is 3.59. The zero-order valence-corrected chi connectivity index (χ0v) is 11.8. The van der Waals surface area contributed by atoms with E-state index in [1.807, 2.05) is 13.0 Å². The van der Waals surface area contributed by atoms with E-state index in [2.05, 4.69) is 9.82 Å². The summed E-state index contributed by atoms with van der Waals surface area (Å²) in [5.74, 6) is -0.143. The fraction of sp³-hybridized carbons (Fsp3) is 0.231. The Hall–Kier alpha value is -2.33. The van der Waals surface area contributed by atoms with E-state index in [1.165, 1.54) is 6.20 Å². The molecule has 0 aliphatic heterocycles. The molecule has 2 aromatic rings. The predicted octanol–water partition coefficient (Wildman–Crippen LogP) is 1.72. The first-order valence-corrected chi connectivity index (χ1v) is 7.69. The van der Waals surface area contributed by atoms with Gasteiger partial charge in [0.15, 0.2) is 0 Å². The Kier molecular flexibility index (Phi) is 4.05. The molecule has 0 saturated carbocycles. The van der Waals surface area contributed by atoms with Crippen LogP contribution in [0.25, 0.3) is 0 Å². The lowest BCUT2D eigenvalue weighted by molar-refractivity contribution is 0.600. The molecule has 0 aliphatic rings. The van der Waals surface area contributed by atoms with Crippen molar-refractivity contribution in [2.75, 3.05) is 4.72 Å². The van der Waals surface area contributed by atoms with Crippen LogP contribution in [0.4, 0.5) is 5.69 Å². The number of aryl methyl sites for hydroxylation is 1. The van der Waals surface area contributed by atoms with Gasteiger partial charge in [0.1, 0.15) is 0 Å². The molecular formula is C13H14N4O2S. The standard InChI is InChI=1S/C13H14N4O2S/c1-2-17-9-13(8-15-17)16-20(18,19)10-12-5-3-11(7-14)4-6-12/h3-6,8-9,16H,2,10H2,1H3. The summed E-state index contributed by atoms with van der Waals surface area (Å²) in [6, 6.07) is 8.45. The molecule has 0 fully saturated rings. The van der Waals surface area contributed by atoms with Crippen molar-refractivity contribution in [1.82, 2.24) is 9.78 Å². The molecule has 7 heteroatoms. The maximum Gasteiger partial charge on any atom is 0.237 e. The molecule has 1 N–H and O–H groups in total. The SMILES string of the molecule is CCn1cc(NS(=O)(=O)Cc2ccc(C#N)cc2)cn1. The lowest BCUT2D eigenvalue weighted by Crippen LogP contribution is -2.14. The number of aromatic nitrogens is 2. The zero-order valence-electron chi connectivity index (χ0n) is 10.9. The van der Waals surface area contributed by atoms with Gasteiger partial charge in [0.2, 0.25) is 10.0 Å². The molecule has 0 spiro atoms. The molecule has 0 aliphatic carbocycles. The minimum absolute atomic E-state index is 0.143. The van der Waals surface area contributed by atoms with Crippen LogP contribution in [0.15, 0.2) is 36.7 Å². The highest BCUT2D eigenvalue weighted by molar-refractivity contribution is 7.91. The Balaban J connectivity index is 2.08. The average Bonchev–Trinajstić information content (AvgIpc) is 2.86. The zero-order chi connectivity index (χ0) is 14.6. The molecule has 6 nitrogen and oxygen atoms in total. The first-order chi connectivity index (χ1) is 9.52. The number of benzene rings is 1. The summed E-state index contributed by atoms with van der Waals surface area (Å²) < 4.78 is 28.1. The van der Waals surface area contributed by atoms with Gasteiger partial charge >= 0.3 is 0 Å². The number of nitriles is 1. The molecule has 0 atom stereocenters. The van der Waals surface area contributed by atoms with Gasteiger partial charge in [-0.2, -0.15) is 10.4 Å². The van der Waals surface area contributed by atoms with E-state index in [4.69, 9.17) is 5.26 Å². The van der Waals surface area contributed by atoms with E-state index in [0.717, 1.165) is 0 Å². The maximum absolute atomic E-state index is 12.0. The van der Waals surface area contributed by atoms with Crippen molar-refractivity contribution < 1.29 is 8.42 Å². The average molecular weight is 290 g/mol. The van der Waals surface area contributed by atoms with Crippen LogP contribution in [-0.2, 0) is 22.3 Å². The first kappa shape index (κ1) is 14.1. The highest BCUT2D eigenvalue weighted by Crippen LogP contribution is 2.12. The molecule has 104 valence electrons. The van der Waals surface area contributed by atoms with Crippen molar-refractivity contribution in [3.63, 3.8) is 0 Å². The molecule has 2 rings (SSSR count). The second-order valence-electron chi connectivity index (χ2n) is 4.25.